The molecule has 1 saturated carbocycles. The highest BCUT2D eigenvalue weighted by Gasteiger charge is 2.25. The van der Waals surface area contributed by atoms with Crippen molar-refractivity contribution >= 4 is 38.8 Å². The van der Waals surface area contributed by atoms with Gasteiger partial charge < -0.3 is 20.3 Å². The van der Waals surface area contributed by atoms with Gasteiger partial charge >= 0.3 is 0 Å². The SMILES string of the molecule is COc1cc(N2CCN(C3CCCCC3)CC2)ccc1Nc1ncnc(Nc2ccccc2S(C)(=O)=O)n1. The lowest BCUT2D eigenvalue weighted by Crippen LogP contribution is -2.50. The van der Waals surface area contributed by atoms with Crippen LogP contribution in [0, 0.1) is 0 Å². The fourth-order valence-electron chi connectivity index (χ4n) is 5.32. The fourth-order valence-corrected chi connectivity index (χ4v) is 6.17. The molecule has 0 amide bonds. The molecule has 1 aliphatic heterocycles. The molecule has 0 radical (unpaired) electrons. The van der Waals surface area contributed by atoms with E-state index in [1.807, 2.05) is 12.1 Å². The van der Waals surface area contributed by atoms with E-state index >= 15 is 0 Å². The van der Waals surface area contributed by atoms with Crippen molar-refractivity contribution in [2.75, 3.05) is 55.1 Å². The zero-order chi connectivity index (χ0) is 26.5. The van der Waals surface area contributed by atoms with Crippen LogP contribution in [0.4, 0.5) is 29.0 Å². The molecule has 2 aromatic carbocycles. The number of piperazine rings is 1. The summed E-state index contributed by atoms with van der Waals surface area (Å²) in [7, 11) is -1.77. The van der Waals surface area contributed by atoms with Gasteiger partial charge in [0.05, 0.1) is 23.4 Å². The summed E-state index contributed by atoms with van der Waals surface area (Å²) in [6.45, 7) is 4.19. The van der Waals surface area contributed by atoms with Gasteiger partial charge in [0.2, 0.25) is 11.9 Å². The molecule has 11 heteroatoms. The Bertz CT molecular complexity index is 1350. The van der Waals surface area contributed by atoms with Crippen molar-refractivity contribution < 1.29 is 13.2 Å². The Hall–Kier alpha value is -3.44. The molecule has 1 aliphatic carbocycles. The van der Waals surface area contributed by atoms with Crippen LogP contribution in [0.15, 0.2) is 53.7 Å². The second-order valence-corrected chi connectivity index (χ2v) is 11.8. The van der Waals surface area contributed by atoms with E-state index in [1.54, 1.807) is 31.4 Å². The first-order valence-corrected chi connectivity index (χ1v) is 15.0. The second kappa shape index (κ2) is 11.5. The minimum atomic E-state index is -3.42. The van der Waals surface area contributed by atoms with Crippen LogP contribution >= 0.6 is 0 Å². The first kappa shape index (κ1) is 26.2. The Labute approximate surface area is 224 Å². The van der Waals surface area contributed by atoms with E-state index in [9.17, 15) is 8.42 Å². The molecule has 0 bridgehead atoms. The summed E-state index contributed by atoms with van der Waals surface area (Å²) in [6, 6.07) is 13.5. The summed E-state index contributed by atoms with van der Waals surface area (Å²) in [5, 5.41) is 6.19. The number of anilines is 5. The van der Waals surface area contributed by atoms with E-state index in [0.717, 1.165) is 43.6 Å². The highest BCUT2D eigenvalue weighted by molar-refractivity contribution is 7.90. The van der Waals surface area contributed by atoms with Crippen molar-refractivity contribution in [3.8, 4) is 5.75 Å². The van der Waals surface area contributed by atoms with Crippen molar-refractivity contribution in [1.29, 1.82) is 0 Å². The van der Waals surface area contributed by atoms with Gasteiger partial charge in [-0.25, -0.2) is 18.4 Å². The summed E-state index contributed by atoms with van der Waals surface area (Å²) in [4.78, 5) is 18.0. The Kier molecular flexibility index (Phi) is 7.94. The van der Waals surface area contributed by atoms with E-state index in [4.69, 9.17) is 4.74 Å². The molecule has 0 unspecified atom stereocenters. The van der Waals surface area contributed by atoms with Crippen LogP contribution in [-0.2, 0) is 9.84 Å². The molecule has 0 spiro atoms. The zero-order valence-electron chi connectivity index (χ0n) is 21.9. The topological polar surface area (TPSA) is 113 Å². The normalized spacial score (nSPS) is 17.3. The van der Waals surface area contributed by atoms with Gasteiger partial charge in [-0.2, -0.15) is 4.98 Å². The number of benzene rings is 2. The van der Waals surface area contributed by atoms with Crippen LogP contribution in [0.3, 0.4) is 0 Å². The van der Waals surface area contributed by atoms with Crippen molar-refractivity contribution in [3.05, 3.63) is 48.8 Å². The Morgan fingerprint density at radius 2 is 1.58 bits per heavy atom. The van der Waals surface area contributed by atoms with Gasteiger partial charge in [-0.05, 0) is 37.1 Å². The van der Waals surface area contributed by atoms with E-state index in [0.29, 0.717) is 17.4 Å². The number of nitrogens with one attached hydrogen (secondary N) is 2. The monoisotopic (exact) mass is 537 g/mol. The first-order chi connectivity index (χ1) is 18.4. The highest BCUT2D eigenvalue weighted by Crippen LogP contribution is 2.33. The number of ether oxygens (including phenoxy) is 1. The number of rotatable bonds is 8. The second-order valence-electron chi connectivity index (χ2n) is 9.85. The summed E-state index contributed by atoms with van der Waals surface area (Å²) in [6.07, 6.45) is 9.33. The van der Waals surface area contributed by atoms with Crippen LogP contribution in [0.25, 0.3) is 0 Å². The summed E-state index contributed by atoms with van der Waals surface area (Å²) in [5.41, 5.74) is 2.26. The molecule has 2 aliphatic rings. The molecule has 2 heterocycles. The Morgan fingerprint density at radius 3 is 2.26 bits per heavy atom. The molecule has 0 atom stereocenters. The maximum absolute atomic E-state index is 12.1. The van der Waals surface area contributed by atoms with Gasteiger partial charge in [0.15, 0.2) is 9.84 Å². The molecular formula is C27H35N7O3S. The lowest BCUT2D eigenvalue weighted by atomic mass is 9.94. The number of methoxy groups -OCH3 is 1. The van der Waals surface area contributed by atoms with Gasteiger partial charge in [-0.15, -0.1) is 0 Å². The first-order valence-electron chi connectivity index (χ1n) is 13.1. The third kappa shape index (κ3) is 6.16. The standard InChI is InChI=1S/C27H35N7O3S/c1-37-24-18-21(34-16-14-33(15-17-34)20-8-4-3-5-9-20)12-13-22(24)30-26-28-19-29-27(32-26)31-23-10-6-7-11-25(23)38(2,35)36/h6-7,10-13,18-20H,3-5,8-9,14-17H2,1-2H3,(H2,28,29,30,31,32). The predicted octanol–water partition coefficient (Wildman–Crippen LogP) is 4.23. The van der Waals surface area contributed by atoms with Gasteiger partial charge in [-0.3, -0.25) is 4.90 Å². The maximum atomic E-state index is 12.1. The van der Waals surface area contributed by atoms with Crippen LogP contribution in [0.1, 0.15) is 32.1 Å². The largest absolute Gasteiger partial charge is 0.494 e. The molecule has 10 nitrogen and oxygen atoms in total. The van der Waals surface area contributed by atoms with Gasteiger partial charge in [-0.1, -0.05) is 31.4 Å². The molecule has 202 valence electrons. The molecule has 3 aromatic rings. The minimum Gasteiger partial charge on any atom is -0.494 e. The van der Waals surface area contributed by atoms with Gasteiger partial charge in [0.25, 0.3) is 0 Å². The van der Waals surface area contributed by atoms with Crippen LogP contribution in [-0.4, -0.2) is 73.9 Å². The molecule has 2 N–H and O–H groups in total. The minimum absolute atomic E-state index is 0.173. The molecular weight excluding hydrogens is 502 g/mol. The summed E-state index contributed by atoms with van der Waals surface area (Å²) >= 11 is 0. The molecule has 2 fully saturated rings. The zero-order valence-corrected chi connectivity index (χ0v) is 22.7. The van der Waals surface area contributed by atoms with Crippen molar-refractivity contribution in [2.45, 2.75) is 43.0 Å². The Balaban J connectivity index is 1.26. The lowest BCUT2D eigenvalue weighted by molar-refractivity contribution is 0.148. The van der Waals surface area contributed by atoms with Crippen molar-refractivity contribution in [2.24, 2.45) is 0 Å². The molecule has 1 saturated heterocycles. The van der Waals surface area contributed by atoms with Gasteiger partial charge in [0, 0.05) is 50.2 Å². The quantitative estimate of drug-likeness (QED) is 0.433. The van der Waals surface area contributed by atoms with Crippen molar-refractivity contribution in [3.63, 3.8) is 0 Å². The molecule has 5 rings (SSSR count). The van der Waals surface area contributed by atoms with E-state index in [1.165, 1.54) is 44.7 Å². The smallest absolute Gasteiger partial charge is 0.232 e. The van der Waals surface area contributed by atoms with Crippen LogP contribution in [0.2, 0.25) is 0 Å². The third-order valence-corrected chi connectivity index (χ3v) is 8.46. The number of sulfone groups is 1. The molecule has 38 heavy (non-hydrogen) atoms. The molecule has 1 aromatic heterocycles. The van der Waals surface area contributed by atoms with Crippen molar-refractivity contribution in [1.82, 2.24) is 19.9 Å². The van der Waals surface area contributed by atoms with E-state index in [2.05, 4.69) is 41.5 Å². The van der Waals surface area contributed by atoms with Crippen LogP contribution in [0.5, 0.6) is 5.75 Å². The predicted molar refractivity (Wildman–Crippen MR) is 150 cm³/mol. The number of nitrogens with zero attached hydrogens (tertiary/aromatic N) is 5. The van der Waals surface area contributed by atoms with Gasteiger partial charge in [0.1, 0.15) is 12.1 Å². The lowest BCUT2D eigenvalue weighted by Gasteiger charge is -2.41. The number of hydrogen-bond donors (Lipinski definition) is 2. The Morgan fingerprint density at radius 1 is 0.895 bits per heavy atom. The third-order valence-electron chi connectivity index (χ3n) is 7.31. The number of hydrogen-bond acceptors (Lipinski definition) is 10. The highest BCUT2D eigenvalue weighted by atomic mass is 32.2. The fraction of sp³-hybridized carbons (Fsp3) is 0.444. The van der Waals surface area contributed by atoms with Crippen LogP contribution < -0.4 is 20.3 Å². The van der Waals surface area contributed by atoms with E-state index in [-0.39, 0.29) is 10.8 Å². The average Bonchev–Trinajstić information content (AvgIpc) is 2.94. The average molecular weight is 538 g/mol. The number of para-hydroxylation sites is 1. The van der Waals surface area contributed by atoms with E-state index < -0.39 is 9.84 Å². The number of aromatic nitrogens is 3. The maximum Gasteiger partial charge on any atom is 0.232 e. The summed E-state index contributed by atoms with van der Waals surface area (Å²) in [5.74, 6) is 1.23. The summed E-state index contributed by atoms with van der Waals surface area (Å²) < 4.78 is 29.9.